The Balaban J connectivity index is 1.35. The number of carbonyl (C=O) groups is 2. The van der Waals surface area contributed by atoms with Crippen LogP contribution in [0.1, 0.15) is 28.8 Å². The van der Waals surface area contributed by atoms with Crippen LogP contribution in [0.5, 0.6) is 0 Å². The van der Waals surface area contributed by atoms with Gasteiger partial charge in [0.15, 0.2) is 0 Å². The molecule has 1 atom stereocenters. The van der Waals surface area contributed by atoms with Crippen molar-refractivity contribution in [3.05, 3.63) is 64.7 Å². The fourth-order valence-corrected chi connectivity index (χ4v) is 5.95. The molecule has 0 aliphatic carbocycles. The van der Waals surface area contributed by atoms with Crippen LogP contribution in [0, 0.1) is 12.8 Å². The molecule has 2 amide bonds. The molecule has 2 aliphatic rings. The molecule has 0 bridgehead atoms. The molecule has 2 aromatic rings. The standard InChI is InChI=1S/C24H28ClN3O4S/c1-18-4-6-19(7-5-18)23(29)27-12-2-3-20(17-27)24(30)26-13-15-28(16-14-26)33(31,32)22-10-8-21(25)9-11-22/h4-11,20H,2-3,12-17H2,1H3. The van der Waals surface area contributed by atoms with Crippen LogP contribution < -0.4 is 0 Å². The Morgan fingerprint density at radius 2 is 1.52 bits per heavy atom. The van der Waals surface area contributed by atoms with Crippen molar-refractivity contribution in [1.29, 1.82) is 0 Å². The number of rotatable bonds is 4. The highest BCUT2D eigenvalue weighted by atomic mass is 35.5. The van der Waals surface area contributed by atoms with Crippen molar-refractivity contribution in [2.75, 3.05) is 39.3 Å². The zero-order valence-corrected chi connectivity index (χ0v) is 20.2. The van der Waals surface area contributed by atoms with E-state index in [4.69, 9.17) is 11.6 Å². The number of halogens is 1. The Bertz CT molecular complexity index is 1110. The third-order valence-electron chi connectivity index (χ3n) is 6.36. The van der Waals surface area contributed by atoms with Crippen LogP contribution in [0.2, 0.25) is 5.02 Å². The lowest BCUT2D eigenvalue weighted by molar-refractivity contribution is -0.138. The van der Waals surface area contributed by atoms with Gasteiger partial charge in [0.1, 0.15) is 0 Å². The molecule has 0 saturated carbocycles. The molecular formula is C24H28ClN3O4S. The zero-order chi connectivity index (χ0) is 23.6. The number of nitrogens with zero attached hydrogens (tertiary/aromatic N) is 3. The number of likely N-dealkylation sites (tertiary alicyclic amines) is 1. The third kappa shape index (κ3) is 5.23. The first-order chi connectivity index (χ1) is 15.8. The summed E-state index contributed by atoms with van der Waals surface area (Å²) in [6, 6.07) is 13.6. The van der Waals surface area contributed by atoms with Crippen molar-refractivity contribution >= 4 is 33.4 Å². The molecule has 2 aliphatic heterocycles. The number of aryl methyl sites for hydroxylation is 1. The minimum absolute atomic E-state index is 0.0000491. The lowest BCUT2D eigenvalue weighted by atomic mass is 9.95. The summed E-state index contributed by atoms with van der Waals surface area (Å²) in [4.78, 5) is 29.8. The summed E-state index contributed by atoms with van der Waals surface area (Å²) in [6.07, 6.45) is 1.51. The van der Waals surface area contributed by atoms with E-state index >= 15 is 0 Å². The van der Waals surface area contributed by atoms with Gasteiger partial charge in [0, 0.05) is 49.9 Å². The fourth-order valence-electron chi connectivity index (χ4n) is 4.40. The van der Waals surface area contributed by atoms with Crippen LogP contribution >= 0.6 is 11.6 Å². The average Bonchev–Trinajstić information content (AvgIpc) is 2.84. The van der Waals surface area contributed by atoms with Gasteiger partial charge in [-0.1, -0.05) is 29.3 Å². The van der Waals surface area contributed by atoms with Gasteiger partial charge in [-0.3, -0.25) is 9.59 Å². The monoisotopic (exact) mass is 489 g/mol. The SMILES string of the molecule is Cc1ccc(C(=O)N2CCCC(C(=O)N3CCN(S(=O)(=O)c4ccc(Cl)cc4)CC3)C2)cc1. The maximum Gasteiger partial charge on any atom is 0.253 e. The zero-order valence-electron chi connectivity index (χ0n) is 18.6. The number of amides is 2. The van der Waals surface area contributed by atoms with Crippen molar-refractivity contribution in [3.63, 3.8) is 0 Å². The molecule has 2 fully saturated rings. The maximum atomic E-state index is 13.2. The molecule has 33 heavy (non-hydrogen) atoms. The van der Waals surface area contributed by atoms with E-state index in [1.54, 1.807) is 21.9 Å². The quantitative estimate of drug-likeness (QED) is 0.661. The molecule has 0 aromatic heterocycles. The van der Waals surface area contributed by atoms with E-state index in [1.165, 1.54) is 16.4 Å². The summed E-state index contributed by atoms with van der Waals surface area (Å²) in [6.45, 7) is 4.19. The molecule has 0 N–H and O–H groups in total. The average molecular weight is 490 g/mol. The van der Waals surface area contributed by atoms with E-state index in [0.717, 1.165) is 18.4 Å². The predicted molar refractivity (Wildman–Crippen MR) is 127 cm³/mol. The molecule has 7 nitrogen and oxygen atoms in total. The van der Waals surface area contributed by atoms with Gasteiger partial charge >= 0.3 is 0 Å². The number of carbonyl (C=O) groups excluding carboxylic acids is 2. The van der Waals surface area contributed by atoms with Gasteiger partial charge in [-0.15, -0.1) is 0 Å². The molecule has 2 heterocycles. The van der Waals surface area contributed by atoms with Gasteiger partial charge in [-0.25, -0.2) is 8.42 Å². The van der Waals surface area contributed by atoms with Gasteiger partial charge < -0.3 is 9.80 Å². The normalized spacial score (nSPS) is 20.0. The summed E-state index contributed by atoms with van der Waals surface area (Å²) in [7, 11) is -3.62. The topological polar surface area (TPSA) is 78.0 Å². The first-order valence-corrected chi connectivity index (χ1v) is 13.0. The van der Waals surface area contributed by atoms with Crippen molar-refractivity contribution in [3.8, 4) is 0 Å². The second-order valence-electron chi connectivity index (χ2n) is 8.64. The van der Waals surface area contributed by atoms with Crippen molar-refractivity contribution in [1.82, 2.24) is 14.1 Å². The lowest BCUT2D eigenvalue weighted by Crippen LogP contribution is -2.54. The highest BCUT2D eigenvalue weighted by molar-refractivity contribution is 7.89. The molecule has 1 unspecified atom stereocenters. The van der Waals surface area contributed by atoms with Crippen LogP contribution in [0.4, 0.5) is 0 Å². The molecular weight excluding hydrogens is 462 g/mol. The van der Waals surface area contributed by atoms with Crippen LogP contribution in [0.15, 0.2) is 53.4 Å². The summed E-state index contributed by atoms with van der Waals surface area (Å²) in [5.74, 6) is -0.307. The minimum atomic E-state index is -3.62. The van der Waals surface area contributed by atoms with Gasteiger partial charge in [-0.05, 0) is 56.2 Å². The Kier molecular flexibility index (Phi) is 7.07. The summed E-state index contributed by atoms with van der Waals surface area (Å²) in [5.41, 5.74) is 1.73. The number of piperazine rings is 1. The van der Waals surface area contributed by atoms with Crippen LogP contribution in [-0.2, 0) is 14.8 Å². The number of benzene rings is 2. The fraction of sp³-hybridized carbons (Fsp3) is 0.417. The van der Waals surface area contributed by atoms with E-state index in [1.807, 2.05) is 31.2 Å². The Morgan fingerprint density at radius 3 is 2.15 bits per heavy atom. The van der Waals surface area contributed by atoms with Crippen molar-refractivity contribution in [2.24, 2.45) is 5.92 Å². The second-order valence-corrected chi connectivity index (χ2v) is 11.0. The largest absolute Gasteiger partial charge is 0.340 e. The van der Waals surface area contributed by atoms with E-state index in [-0.39, 0.29) is 35.7 Å². The molecule has 2 aromatic carbocycles. The minimum Gasteiger partial charge on any atom is -0.340 e. The number of sulfonamides is 1. The second kappa shape index (κ2) is 9.83. The van der Waals surface area contributed by atoms with Gasteiger partial charge in [0.25, 0.3) is 5.91 Å². The van der Waals surface area contributed by atoms with Crippen LogP contribution in [0.3, 0.4) is 0 Å². The highest BCUT2D eigenvalue weighted by Gasteiger charge is 2.35. The third-order valence-corrected chi connectivity index (χ3v) is 8.52. The molecule has 0 spiro atoms. The van der Waals surface area contributed by atoms with Crippen LogP contribution in [0.25, 0.3) is 0 Å². The summed E-state index contributed by atoms with van der Waals surface area (Å²) in [5, 5.41) is 0.478. The number of hydrogen-bond donors (Lipinski definition) is 0. The van der Waals surface area contributed by atoms with Crippen molar-refractivity contribution < 1.29 is 18.0 Å². The molecule has 9 heteroatoms. The number of piperidine rings is 1. The van der Waals surface area contributed by atoms with E-state index in [2.05, 4.69) is 0 Å². The first kappa shape index (κ1) is 23.7. The predicted octanol–water partition coefficient (Wildman–Crippen LogP) is 3.03. The lowest BCUT2D eigenvalue weighted by Gasteiger charge is -2.38. The van der Waals surface area contributed by atoms with Gasteiger partial charge in [0.2, 0.25) is 15.9 Å². The Morgan fingerprint density at radius 1 is 0.879 bits per heavy atom. The van der Waals surface area contributed by atoms with E-state index in [0.29, 0.717) is 36.8 Å². The molecule has 0 radical (unpaired) electrons. The highest BCUT2D eigenvalue weighted by Crippen LogP contribution is 2.24. The van der Waals surface area contributed by atoms with Gasteiger partial charge in [-0.2, -0.15) is 4.31 Å². The summed E-state index contributed by atoms with van der Waals surface area (Å²) >= 11 is 5.87. The Hall–Kier alpha value is -2.42. The molecule has 176 valence electrons. The van der Waals surface area contributed by atoms with Gasteiger partial charge in [0.05, 0.1) is 10.8 Å². The summed E-state index contributed by atoms with van der Waals surface area (Å²) < 4.78 is 27.2. The van der Waals surface area contributed by atoms with Crippen molar-refractivity contribution in [2.45, 2.75) is 24.7 Å². The maximum absolute atomic E-state index is 13.2. The number of hydrogen-bond acceptors (Lipinski definition) is 4. The smallest absolute Gasteiger partial charge is 0.253 e. The molecule has 2 saturated heterocycles. The van der Waals surface area contributed by atoms with Crippen LogP contribution in [-0.4, -0.2) is 73.6 Å². The molecule has 4 rings (SSSR count). The van der Waals surface area contributed by atoms with E-state index < -0.39 is 10.0 Å². The first-order valence-electron chi connectivity index (χ1n) is 11.2. The Labute approximate surface area is 200 Å². The van der Waals surface area contributed by atoms with E-state index in [9.17, 15) is 18.0 Å².